The Morgan fingerprint density at radius 3 is 2.81 bits per heavy atom. The average molecular weight is 388 g/mol. The zero-order valence-corrected chi connectivity index (χ0v) is 17.0. The van der Waals surface area contributed by atoms with Crippen molar-refractivity contribution in [1.82, 2.24) is 19.9 Å². The van der Waals surface area contributed by atoms with Gasteiger partial charge in [0.05, 0.1) is 28.4 Å². The maximum Gasteiger partial charge on any atom is 0.254 e. The van der Waals surface area contributed by atoms with Gasteiger partial charge in [-0.05, 0) is 39.3 Å². The van der Waals surface area contributed by atoms with Crippen molar-refractivity contribution in [3.8, 4) is 0 Å². The summed E-state index contributed by atoms with van der Waals surface area (Å²) in [6.45, 7) is 8.37. The summed E-state index contributed by atoms with van der Waals surface area (Å²) in [5.41, 5.74) is 6.06. The fraction of sp³-hybridized carbons (Fsp3) is 0.421. The van der Waals surface area contributed by atoms with E-state index in [-0.39, 0.29) is 24.1 Å². The molecule has 3 rings (SSSR count). The number of thiazole rings is 1. The van der Waals surface area contributed by atoms with E-state index in [1.165, 1.54) is 11.3 Å². The van der Waals surface area contributed by atoms with E-state index in [4.69, 9.17) is 4.74 Å². The number of carbonyl (C=O) groups is 1. The zero-order valence-electron chi connectivity index (χ0n) is 16.2. The number of nitrogens with zero attached hydrogens (tertiary/aromatic N) is 2. The lowest BCUT2D eigenvalue weighted by atomic mass is 10.1. The van der Waals surface area contributed by atoms with E-state index in [0.717, 1.165) is 27.3 Å². The van der Waals surface area contributed by atoms with Gasteiger partial charge in [-0.2, -0.15) is 0 Å². The summed E-state index contributed by atoms with van der Waals surface area (Å²) in [6.07, 6.45) is 0. The highest BCUT2D eigenvalue weighted by Gasteiger charge is 2.24. The number of ether oxygens (including phenoxy) is 1. The van der Waals surface area contributed by atoms with Crippen molar-refractivity contribution in [2.45, 2.75) is 40.3 Å². The standard InChI is InChI=1S/C19H24N4O3S/c1-10-6-11(2)22-18(24)14(10)7-20-19(25)15-13(4)23(12(3)8-26-5)17-16(15)27-9-21-17/h6,9,12H,7-8H2,1-5H3,(H,20,25)(H,22,24). The monoisotopic (exact) mass is 388 g/mol. The number of amides is 1. The second kappa shape index (κ2) is 7.66. The van der Waals surface area contributed by atoms with Crippen LogP contribution < -0.4 is 10.9 Å². The van der Waals surface area contributed by atoms with Crippen LogP contribution in [0.15, 0.2) is 16.4 Å². The van der Waals surface area contributed by atoms with Gasteiger partial charge in [0.15, 0.2) is 5.65 Å². The maximum absolute atomic E-state index is 12.9. The van der Waals surface area contributed by atoms with Crippen molar-refractivity contribution in [3.05, 3.63) is 50.0 Å². The minimum atomic E-state index is -0.204. The lowest BCUT2D eigenvalue weighted by Gasteiger charge is -2.16. The van der Waals surface area contributed by atoms with Crippen LogP contribution in [0.2, 0.25) is 0 Å². The van der Waals surface area contributed by atoms with Gasteiger partial charge < -0.3 is 19.6 Å². The van der Waals surface area contributed by atoms with Crippen LogP contribution in [-0.2, 0) is 11.3 Å². The number of pyridine rings is 1. The molecule has 0 radical (unpaired) electrons. The van der Waals surface area contributed by atoms with Gasteiger partial charge in [-0.3, -0.25) is 9.59 Å². The number of rotatable bonds is 6. The molecule has 7 nitrogen and oxygen atoms in total. The Bertz CT molecular complexity index is 1050. The highest BCUT2D eigenvalue weighted by atomic mass is 32.1. The van der Waals surface area contributed by atoms with Crippen molar-refractivity contribution in [1.29, 1.82) is 0 Å². The maximum atomic E-state index is 12.9. The molecule has 1 atom stereocenters. The predicted molar refractivity (Wildman–Crippen MR) is 107 cm³/mol. The Morgan fingerprint density at radius 2 is 2.15 bits per heavy atom. The molecule has 3 heterocycles. The highest BCUT2D eigenvalue weighted by Crippen LogP contribution is 2.31. The van der Waals surface area contributed by atoms with Gasteiger partial charge in [0, 0.05) is 30.6 Å². The Hall–Kier alpha value is -2.45. The van der Waals surface area contributed by atoms with Crippen LogP contribution in [0.1, 0.15) is 45.8 Å². The molecule has 3 aromatic rings. The number of aryl methyl sites for hydroxylation is 2. The van der Waals surface area contributed by atoms with Crippen LogP contribution >= 0.6 is 11.3 Å². The van der Waals surface area contributed by atoms with Crippen LogP contribution in [0.5, 0.6) is 0 Å². The van der Waals surface area contributed by atoms with E-state index >= 15 is 0 Å². The molecule has 0 saturated heterocycles. The predicted octanol–water partition coefficient (Wildman–Crippen LogP) is 2.85. The van der Waals surface area contributed by atoms with Crippen molar-refractivity contribution in [3.63, 3.8) is 0 Å². The van der Waals surface area contributed by atoms with Crippen molar-refractivity contribution < 1.29 is 9.53 Å². The number of aromatic amines is 1. The number of H-pyrrole nitrogens is 1. The first-order chi connectivity index (χ1) is 12.8. The molecule has 0 fully saturated rings. The molecule has 144 valence electrons. The van der Waals surface area contributed by atoms with Gasteiger partial charge in [0.25, 0.3) is 11.5 Å². The van der Waals surface area contributed by atoms with Crippen LogP contribution in [-0.4, -0.2) is 34.2 Å². The molecule has 0 aliphatic heterocycles. The van der Waals surface area contributed by atoms with Crippen LogP contribution in [0, 0.1) is 20.8 Å². The SMILES string of the molecule is COCC(C)n1c(C)c(C(=O)NCc2c(C)cc(C)[nH]c2=O)c2scnc21. The summed E-state index contributed by atoms with van der Waals surface area (Å²) in [6, 6.07) is 1.96. The zero-order chi connectivity index (χ0) is 19.7. The van der Waals surface area contributed by atoms with E-state index in [9.17, 15) is 9.59 Å². The fourth-order valence-corrected chi connectivity index (χ4v) is 4.38. The first-order valence-corrected chi connectivity index (χ1v) is 9.63. The molecular weight excluding hydrogens is 364 g/mol. The van der Waals surface area contributed by atoms with Crippen LogP contribution in [0.4, 0.5) is 0 Å². The number of aromatic nitrogens is 3. The molecule has 1 unspecified atom stereocenters. The van der Waals surface area contributed by atoms with E-state index in [2.05, 4.69) is 15.3 Å². The third-order valence-electron chi connectivity index (χ3n) is 4.72. The van der Waals surface area contributed by atoms with E-state index in [1.54, 1.807) is 12.6 Å². The smallest absolute Gasteiger partial charge is 0.254 e. The first kappa shape index (κ1) is 19.3. The summed E-state index contributed by atoms with van der Waals surface area (Å²) in [4.78, 5) is 32.3. The summed E-state index contributed by atoms with van der Waals surface area (Å²) < 4.78 is 8.15. The summed E-state index contributed by atoms with van der Waals surface area (Å²) >= 11 is 1.44. The number of nitrogens with one attached hydrogen (secondary N) is 2. The molecule has 2 N–H and O–H groups in total. The van der Waals surface area contributed by atoms with Gasteiger partial charge in [0.1, 0.15) is 0 Å². The largest absolute Gasteiger partial charge is 0.383 e. The molecule has 8 heteroatoms. The highest BCUT2D eigenvalue weighted by molar-refractivity contribution is 7.17. The first-order valence-electron chi connectivity index (χ1n) is 8.75. The van der Waals surface area contributed by atoms with Gasteiger partial charge >= 0.3 is 0 Å². The van der Waals surface area contributed by atoms with E-state index < -0.39 is 0 Å². The number of carbonyl (C=O) groups excluding carboxylic acids is 1. The lowest BCUT2D eigenvalue weighted by Crippen LogP contribution is -2.28. The quantitative estimate of drug-likeness (QED) is 0.680. The second-order valence-corrected chi connectivity index (χ2v) is 7.62. The molecule has 27 heavy (non-hydrogen) atoms. The Balaban J connectivity index is 1.92. The van der Waals surface area contributed by atoms with E-state index in [0.29, 0.717) is 17.7 Å². The summed E-state index contributed by atoms with van der Waals surface area (Å²) in [7, 11) is 1.66. The van der Waals surface area contributed by atoms with Crippen molar-refractivity contribution in [2.24, 2.45) is 0 Å². The van der Waals surface area contributed by atoms with Crippen LogP contribution in [0.25, 0.3) is 10.3 Å². The Labute approximate surface area is 161 Å². The molecule has 1 amide bonds. The average Bonchev–Trinajstić information content (AvgIpc) is 3.13. The molecule has 0 spiro atoms. The number of methoxy groups -OCH3 is 1. The second-order valence-electron chi connectivity index (χ2n) is 6.77. The minimum absolute atomic E-state index is 0.0586. The molecule has 0 aliphatic rings. The molecule has 0 saturated carbocycles. The van der Waals surface area contributed by atoms with Gasteiger partial charge in [-0.1, -0.05) is 0 Å². The summed E-state index contributed by atoms with van der Waals surface area (Å²) in [5.74, 6) is -0.204. The molecular formula is C19H24N4O3S. The third-order valence-corrected chi connectivity index (χ3v) is 5.56. The van der Waals surface area contributed by atoms with Gasteiger partial charge in [-0.25, -0.2) is 4.98 Å². The Morgan fingerprint density at radius 1 is 1.41 bits per heavy atom. The lowest BCUT2D eigenvalue weighted by molar-refractivity contribution is 0.0951. The number of fused-ring (bicyclic) bond motifs is 1. The Kier molecular flexibility index (Phi) is 5.48. The van der Waals surface area contributed by atoms with Crippen molar-refractivity contribution >= 4 is 27.6 Å². The van der Waals surface area contributed by atoms with Crippen LogP contribution in [0.3, 0.4) is 0 Å². The normalized spacial score (nSPS) is 12.5. The van der Waals surface area contributed by atoms with Crippen molar-refractivity contribution in [2.75, 3.05) is 13.7 Å². The van der Waals surface area contributed by atoms with E-state index in [1.807, 2.05) is 38.3 Å². The molecule has 0 aromatic carbocycles. The molecule has 0 bridgehead atoms. The molecule has 0 aliphatic carbocycles. The number of hydrogen-bond acceptors (Lipinski definition) is 5. The minimum Gasteiger partial charge on any atom is -0.383 e. The van der Waals surface area contributed by atoms with Gasteiger partial charge in [-0.15, -0.1) is 11.3 Å². The third kappa shape index (κ3) is 3.54. The number of hydrogen-bond donors (Lipinski definition) is 2. The topological polar surface area (TPSA) is 89.0 Å². The van der Waals surface area contributed by atoms with Gasteiger partial charge in [0.2, 0.25) is 0 Å². The molecule has 3 aromatic heterocycles. The fourth-order valence-electron chi connectivity index (χ4n) is 3.51. The summed E-state index contributed by atoms with van der Waals surface area (Å²) in [5, 5.41) is 2.90.